The summed E-state index contributed by atoms with van der Waals surface area (Å²) in [5.41, 5.74) is 3.14. The lowest BCUT2D eigenvalue weighted by Gasteiger charge is -2.16. The van der Waals surface area contributed by atoms with E-state index in [4.69, 9.17) is 0 Å². The average Bonchev–Trinajstić information content (AvgIpc) is 3.10. The van der Waals surface area contributed by atoms with Gasteiger partial charge >= 0.3 is 0 Å². The second-order valence-corrected chi connectivity index (χ2v) is 6.40. The molecule has 1 amide bonds. The van der Waals surface area contributed by atoms with Crippen molar-refractivity contribution in [3.63, 3.8) is 0 Å². The van der Waals surface area contributed by atoms with E-state index in [0.29, 0.717) is 12.5 Å². The second kappa shape index (κ2) is 9.44. The highest BCUT2D eigenvalue weighted by Crippen LogP contribution is 2.21. The monoisotopic (exact) mass is 359 g/mol. The van der Waals surface area contributed by atoms with Gasteiger partial charge in [0.05, 0.1) is 0 Å². The minimum absolute atomic E-state index is 0. The number of benzene rings is 2. The van der Waals surface area contributed by atoms with Crippen molar-refractivity contribution < 1.29 is 4.79 Å². The van der Waals surface area contributed by atoms with Gasteiger partial charge in [-0.3, -0.25) is 4.79 Å². The van der Waals surface area contributed by atoms with Gasteiger partial charge in [0.15, 0.2) is 0 Å². The molecular weight excluding hydrogens is 334 g/mol. The zero-order valence-electron chi connectivity index (χ0n) is 14.5. The smallest absolute Gasteiger partial charge is 0.225 e. The molecule has 0 spiro atoms. The normalized spacial score (nSPS) is 17.4. The van der Waals surface area contributed by atoms with Crippen molar-refractivity contribution in [2.75, 3.05) is 17.2 Å². The van der Waals surface area contributed by atoms with Crippen LogP contribution in [0.5, 0.6) is 0 Å². The fourth-order valence-corrected chi connectivity index (χ4v) is 3.09. The summed E-state index contributed by atoms with van der Waals surface area (Å²) in [4.78, 5) is 12.0. The van der Waals surface area contributed by atoms with Crippen LogP contribution in [0, 0.1) is 0 Å². The number of carbonyl (C=O) groups is 1. The minimum atomic E-state index is 0. The Morgan fingerprint density at radius 1 is 1.12 bits per heavy atom. The molecule has 1 saturated heterocycles. The molecule has 3 rings (SSSR count). The molecule has 0 saturated carbocycles. The Morgan fingerprint density at radius 2 is 1.80 bits per heavy atom. The van der Waals surface area contributed by atoms with E-state index < -0.39 is 0 Å². The molecule has 0 radical (unpaired) electrons. The lowest BCUT2D eigenvalue weighted by molar-refractivity contribution is -0.116. The number of hydrogen-bond donors (Lipinski definition) is 3. The van der Waals surface area contributed by atoms with Crippen LogP contribution in [0.1, 0.15) is 37.8 Å². The van der Waals surface area contributed by atoms with Crippen molar-refractivity contribution >= 4 is 29.7 Å². The van der Waals surface area contributed by atoms with Gasteiger partial charge < -0.3 is 16.0 Å². The molecule has 1 heterocycles. The number of rotatable bonds is 6. The Morgan fingerprint density at radius 3 is 2.44 bits per heavy atom. The third kappa shape index (κ3) is 5.76. The van der Waals surface area contributed by atoms with E-state index in [1.165, 1.54) is 5.56 Å². The predicted octanol–water partition coefficient (Wildman–Crippen LogP) is 4.36. The van der Waals surface area contributed by atoms with E-state index in [9.17, 15) is 4.79 Å². The first-order valence-electron chi connectivity index (χ1n) is 8.65. The maximum atomic E-state index is 12.0. The molecule has 2 unspecified atom stereocenters. The first-order valence-corrected chi connectivity index (χ1v) is 8.65. The van der Waals surface area contributed by atoms with Crippen LogP contribution in [0.25, 0.3) is 0 Å². The molecule has 3 N–H and O–H groups in total. The predicted molar refractivity (Wildman–Crippen MR) is 106 cm³/mol. The van der Waals surface area contributed by atoms with Crippen molar-refractivity contribution in [1.29, 1.82) is 0 Å². The van der Waals surface area contributed by atoms with Crippen LogP contribution < -0.4 is 16.0 Å². The number of nitrogens with one attached hydrogen (secondary N) is 3. The number of hydrogen-bond acceptors (Lipinski definition) is 3. The summed E-state index contributed by atoms with van der Waals surface area (Å²) in [6, 6.07) is 18.8. The van der Waals surface area contributed by atoms with Crippen molar-refractivity contribution in [2.24, 2.45) is 0 Å². The highest BCUT2D eigenvalue weighted by Gasteiger charge is 2.17. The van der Waals surface area contributed by atoms with E-state index in [0.717, 1.165) is 30.8 Å². The molecule has 0 aromatic heterocycles. The summed E-state index contributed by atoms with van der Waals surface area (Å²) < 4.78 is 0. The van der Waals surface area contributed by atoms with Gasteiger partial charge in [0.2, 0.25) is 5.91 Å². The largest absolute Gasteiger partial charge is 0.379 e. The number of amides is 1. The molecule has 0 bridgehead atoms. The summed E-state index contributed by atoms with van der Waals surface area (Å²) >= 11 is 0. The summed E-state index contributed by atoms with van der Waals surface area (Å²) in [6.45, 7) is 3.16. The van der Waals surface area contributed by atoms with E-state index in [2.05, 4.69) is 35.0 Å². The third-order valence-electron chi connectivity index (χ3n) is 4.45. The Balaban J connectivity index is 0.00000225. The maximum absolute atomic E-state index is 12.0. The van der Waals surface area contributed by atoms with Crippen molar-refractivity contribution in [3.05, 3.63) is 60.2 Å². The number of halogens is 1. The fourth-order valence-electron chi connectivity index (χ4n) is 3.09. The van der Waals surface area contributed by atoms with E-state index in [1.54, 1.807) is 0 Å². The van der Waals surface area contributed by atoms with Crippen LogP contribution in [0.3, 0.4) is 0 Å². The molecule has 4 nitrogen and oxygen atoms in total. The number of carbonyl (C=O) groups excluding carboxylic acids is 1. The molecule has 2 atom stereocenters. The standard InChI is InChI=1S/C20H25N3O.ClH/c1-15(16-6-3-2-4-7-16)22-17-9-11-18(12-10-17)23-20(24)14-19-8-5-13-21-19;/h2-4,6-7,9-12,15,19,21-22H,5,8,13-14H2,1H3,(H,23,24);1H. The maximum Gasteiger partial charge on any atom is 0.225 e. The van der Waals surface area contributed by atoms with Crippen molar-refractivity contribution in [1.82, 2.24) is 5.32 Å². The quantitative estimate of drug-likeness (QED) is 0.718. The van der Waals surface area contributed by atoms with E-state index >= 15 is 0 Å². The Labute approximate surface area is 155 Å². The average molecular weight is 360 g/mol. The lowest BCUT2D eigenvalue weighted by Crippen LogP contribution is -2.27. The molecule has 0 aliphatic carbocycles. The first-order chi connectivity index (χ1) is 11.7. The van der Waals surface area contributed by atoms with E-state index in [1.807, 2.05) is 42.5 Å². The van der Waals surface area contributed by atoms with Gasteiger partial charge in [0.25, 0.3) is 0 Å². The van der Waals surface area contributed by atoms with Crippen LogP contribution in [0.2, 0.25) is 0 Å². The van der Waals surface area contributed by atoms with Gasteiger partial charge in [-0.2, -0.15) is 0 Å². The zero-order valence-corrected chi connectivity index (χ0v) is 15.3. The molecule has 2 aromatic carbocycles. The Kier molecular flexibility index (Phi) is 7.29. The first kappa shape index (κ1) is 19.3. The van der Waals surface area contributed by atoms with Gasteiger partial charge in [-0.15, -0.1) is 12.4 Å². The van der Waals surface area contributed by atoms with Crippen LogP contribution in [-0.4, -0.2) is 18.5 Å². The molecule has 1 fully saturated rings. The van der Waals surface area contributed by atoms with Crippen LogP contribution in [0.15, 0.2) is 54.6 Å². The topological polar surface area (TPSA) is 53.2 Å². The van der Waals surface area contributed by atoms with Crippen molar-refractivity contribution in [3.8, 4) is 0 Å². The Bertz CT molecular complexity index is 654. The summed E-state index contributed by atoms with van der Waals surface area (Å²) in [6.07, 6.45) is 2.80. The lowest BCUT2D eigenvalue weighted by atomic mass is 10.1. The highest BCUT2D eigenvalue weighted by atomic mass is 35.5. The third-order valence-corrected chi connectivity index (χ3v) is 4.45. The van der Waals surface area contributed by atoms with E-state index in [-0.39, 0.29) is 24.4 Å². The Hall–Kier alpha value is -2.04. The second-order valence-electron chi connectivity index (χ2n) is 6.40. The highest BCUT2D eigenvalue weighted by molar-refractivity contribution is 5.91. The SMILES string of the molecule is CC(Nc1ccc(NC(=O)CC2CCCN2)cc1)c1ccccc1.Cl. The van der Waals surface area contributed by atoms with Crippen LogP contribution >= 0.6 is 12.4 Å². The van der Waals surface area contributed by atoms with Gasteiger partial charge in [-0.25, -0.2) is 0 Å². The van der Waals surface area contributed by atoms with Crippen LogP contribution in [0.4, 0.5) is 11.4 Å². The molecule has 1 aliphatic heterocycles. The van der Waals surface area contributed by atoms with Gasteiger partial charge in [-0.1, -0.05) is 30.3 Å². The molecule has 2 aromatic rings. The zero-order chi connectivity index (χ0) is 16.8. The molecular formula is C20H26ClN3O. The summed E-state index contributed by atoms with van der Waals surface area (Å²) in [5.74, 6) is 0.0766. The van der Waals surface area contributed by atoms with Crippen molar-refractivity contribution in [2.45, 2.75) is 38.3 Å². The number of anilines is 2. The molecule has 5 heteroatoms. The molecule has 134 valence electrons. The fraction of sp³-hybridized carbons (Fsp3) is 0.350. The molecule has 1 aliphatic rings. The molecule has 25 heavy (non-hydrogen) atoms. The van der Waals surface area contributed by atoms with Gasteiger partial charge in [0.1, 0.15) is 0 Å². The van der Waals surface area contributed by atoms with Crippen LogP contribution in [-0.2, 0) is 4.79 Å². The minimum Gasteiger partial charge on any atom is -0.379 e. The summed E-state index contributed by atoms with van der Waals surface area (Å²) in [5, 5.41) is 9.80. The summed E-state index contributed by atoms with van der Waals surface area (Å²) in [7, 11) is 0. The van der Waals surface area contributed by atoms with Gasteiger partial charge in [0, 0.05) is 29.9 Å². The van der Waals surface area contributed by atoms with Gasteiger partial charge in [-0.05, 0) is 56.1 Å².